The lowest BCUT2D eigenvalue weighted by atomic mass is 9.70. The number of hydrogen-bond donors (Lipinski definition) is 1. The van der Waals surface area contributed by atoms with E-state index < -0.39 is 0 Å². The normalized spacial score (nSPS) is 23.1. The van der Waals surface area contributed by atoms with Crippen molar-refractivity contribution < 1.29 is 0 Å². The maximum atomic E-state index is 5.91. The minimum Gasteiger partial charge on any atom is -0.316 e. The van der Waals surface area contributed by atoms with E-state index in [1.807, 2.05) is 12.1 Å². The fourth-order valence-electron chi connectivity index (χ4n) is 2.66. The van der Waals surface area contributed by atoms with Crippen molar-refractivity contribution in [1.82, 2.24) is 5.32 Å². The van der Waals surface area contributed by atoms with Crippen LogP contribution in [0.3, 0.4) is 0 Å². The predicted octanol–water partition coefficient (Wildman–Crippen LogP) is 4.15. The third-order valence-electron chi connectivity index (χ3n) is 3.95. The molecular weight excluding hydrogens is 242 g/mol. The zero-order chi connectivity index (χ0) is 13.0. The second-order valence-electron chi connectivity index (χ2n) is 5.98. The molecule has 0 bridgehead atoms. The average Bonchev–Trinajstić information content (AvgIpc) is 2.32. The van der Waals surface area contributed by atoms with Gasteiger partial charge in [0.25, 0.3) is 0 Å². The smallest absolute Gasteiger partial charge is 0.0406 e. The summed E-state index contributed by atoms with van der Waals surface area (Å²) in [7, 11) is 0. The summed E-state index contributed by atoms with van der Waals surface area (Å²) >= 11 is 5.91. The third-order valence-corrected chi connectivity index (χ3v) is 4.20. The minimum absolute atomic E-state index is 0.750. The summed E-state index contributed by atoms with van der Waals surface area (Å²) in [5, 5.41) is 4.43. The maximum Gasteiger partial charge on any atom is 0.0406 e. The Kier molecular flexibility index (Phi) is 5.08. The highest BCUT2D eigenvalue weighted by Crippen LogP contribution is 2.36. The van der Waals surface area contributed by atoms with E-state index in [9.17, 15) is 0 Å². The lowest BCUT2D eigenvalue weighted by Gasteiger charge is -2.37. The molecule has 2 rings (SSSR count). The summed E-state index contributed by atoms with van der Waals surface area (Å²) in [6.07, 6.45) is 3.99. The molecule has 0 spiro atoms. The Hall–Kier alpha value is -0.530. The highest BCUT2D eigenvalue weighted by molar-refractivity contribution is 6.30. The summed E-state index contributed by atoms with van der Waals surface area (Å²) in [5.74, 6) is 2.49. The second kappa shape index (κ2) is 6.58. The molecule has 1 aromatic rings. The van der Waals surface area contributed by atoms with Crippen molar-refractivity contribution in [3.8, 4) is 0 Å². The van der Waals surface area contributed by atoms with Crippen molar-refractivity contribution in [3.63, 3.8) is 0 Å². The van der Waals surface area contributed by atoms with Crippen molar-refractivity contribution in [1.29, 1.82) is 0 Å². The van der Waals surface area contributed by atoms with Crippen LogP contribution in [0.5, 0.6) is 0 Å². The predicted molar refractivity (Wildman–Crippen MR) is 79.1 cm³/mol. The number of nitrogens with one attached hydrogen (secondary N) is 1. The van der Waals surface area contributed by atoms with Gasteiger partial charge in [-0.1, -0.05) is 37.6 Å². The zero-order valence-corrected chi connectivity index (χ0v) is 12.2. The number of benzene rings is 1. The first-order valence-corrected chi connectivity index (χ1v) is 7.48. The van der Waals surface area contributed by atoms with Crippen LogP contribution < -0.4 is 5.32 Å². The largest absolute Gasteiger partial charge is 0.316 e. The molecule has 0 saturated heterocycles. The molecule has 0 radical (unpaired) electrons. The van der Waals surface area contributed by atoms with Gasteiger partial charge in [-0.05, 0) is 67.8 Å². The molecule has 0 heterocycles. The second-order valence-corrected chi connectivity index (χ2v) is 6.42. The topological polar surface area (TPSA) is 12.0 Å². The van der Waals surface area contributed by atoms with Gasteiger partial charge in [-0.15, -0.1) is 0 Å². The van der Waals surface area contributed by atoms with Crippen LogP contribution in [0.1, 0.15) is 32.3 Å². The zero-order valence-electron chi connectivity index (χ0n) is 11.5. The van der Waals surface area contributed by atoms with E-state index in [1.165, 1.54) is 31.4 Å². The highest BCUT2D eigenvalue weighted by Gasteiger charge is 2.30. The molecule has 100 valence electrons. The molecule has 1 aromatic carbocycles. The molecular formula is C16H24ClN. The molecule has 0 aromatic heterocycles. The van der Waals surface area contributed by atoms with Crippen LogP contribution in [-0.2, 0) is 6.42 Å². The van der Waals surface area contributed by atoms with Crippen LogP contribution in [-0.4, -0.2) is 13.1 Å². The first-order chi connectivity index (χ1) is 8.65. The van der Waals surface area contributed by atoms with Crippen molar-refractivity contribution in [2.75, 3.05) is 13.1 Å². The summed E-state index contributed by atoms with van der Waals surface area (Å²) in [4.78, 5) is 0. The quantitative estimate of drug-likeness (QED) is 0.815. The molecule has 0 amide bonds. The fourth-order valence-corrected chi connectivity index (χ4v) is 2.78. The van der Waals surface area contributed by atoms with Gasteiger partial charge in [0.05, 0.1) is 0 Å². The summed E-state index contributed by atoms with van der Waals surface area (Å²) in [6, 6.07) is 8.33. The van der Waals surface area contributed by atoms with E-state index in [0.29, 0.717) is 0 Å². The lowest BCUT2D eigenvalue weighted by molar-refractivity contribution is 0.169. The summed E-state index contributed by atoms with van der Waals surface area (Å²) < 4.78 is 0. The van der Waals surface area contributed by atoms with Crippen LogP contribution in [0, 0.1) is 17.8 Å². The molecule has 1 aliphatic rings. The van der Waals surface area contributed by atoms with Gasteiger partial charge in [-0.25, -0.2) is 0 Å². The molecule has 1 N–H and O–H groups in total. The first kappa shape index (κ1) is 13.9. The van der Waals surface area contributed by atoms with Gasteiger partial charge >= 0.3 is 0 Å². The van der Waals surface area contributed by atoms with Gasteiger partial charge in [0, 0.05) is 5.02 Å². The van der Waals surface area contributed by atoms with Gasteiger partial charge in [0.1, 0.15) is 0 Å². The van der Waals surface area contributed by atoms with E-state index in [0.717, 1.165) is 29.3 Å². The maximum absolute atomic E-state index is 5.91. The Balaban J connectivity index is 1.75. The number of rotatable bonds is 6. The number of hydrogen-bond acceptors (Lipinski definition) is 1. The fraction of sp³-hybridized carbons (Fsp3) is 0.625. The molecule has 18 heavy (non-hydrogen) atoms. The van der Waals surface area contributed by atoms with Gasteiger partial charge in [-0.3, -0.25) is 0 Å². The molecule has 1 nitrogen and oxygen atoms in total. The van der Waals surface area contributed by atoms with Gasteiger partial charge in [0.15, 0.2) is 0 Å². The molecule has 0 aliphatic heterocycles. The van der Waals surface area contributed by atoms with E-state index in [-0.39, 0.29) is 0 Å². The van der Waals surface area contributed by atoms with Gasteiger partial charge < -0.3 is 5.32 Å². The highest BCUT2D eigenvalue weighted by atomic mass is 35.5. The van der Waals surface area contributed by atoms with Crippen molar-refractivity contribution in [2.45, 2.75) is 33.1 Å². The Labute approximate surface area is 116 Å². The van der Waals surface area contributed by atoms with Crippen LogP contribution in [0.15, 0.2) is 24.3 Å². The molecule has 1 fully saturated rings. The standard InChI is InChI=1S/C16H24ClN/c1-12(2)10-18-11-15-6-5-14(15)9-13-3-7-16(17)8-4-13/h3-4,7-8,12,14-15,18H,5-6,9-11H2,1-2H3. The van der Waals surface area contributed by atoms with E-state index in [2.05, 4.69) is 31.3 Å². The van der Waals surface area contributed by atoms with E-state index in [4.69, 9.17) is 11.6 Å². The molecule has 1 saturated carbocycles. The van der Waals surface area contributed by atoms with Crippen LogP contribution >= 0.6 is 11.6 Å². The van der Waals surface area contributed by atoms with Crippen molar-refractivity contribution in [2.24, 2.45) is 17.8 Å². The first-order valence-electron chi connectivity index (χ1n) is 7.10. The third kappa shape index (κ3) is 4.00. The Morgan fingerprint density at radius 1 is 1.17 bits per heavy atom. The molecule has 2 heteroatoms. The average molecular weight is 266 g/mol. The Bertz CT molecular complexity index is 358. The lowest BCUT2D eigenvalue weighted by Crippen LogP contribution is -2.37. The van der Waals surface area contributed by atoms with Crippen LogP contribution in [0.4, 0.5) is 0 Å². The summed E-state index contributed by atoms with van der Waals surface area (Å²) in [6.45, 7) is 6.86. The Morgan fingerprint density at radius 2 is 1.83 bits per heavy atom. The monoisotopic (exact) mass is 265 g/mol. The molecule has 2 atom stereocenters. The SMILES string of the molecule is CC(C)CNCC1CCC1Cc1ccc(Cl)cc1. The van der Waals surface area contributed by atoms with Crippen LogP contribution in [0.2, 0.25) is 5.02 Å². The molecule has 2 unspecified atom stereocenters. The van der Waals surface area contributed by atoms with Crippen molar-refractivity contribution in [3.05, 3.63) is 34.9 Å². The summed E-state index contributed by atoms with van der Waals surface area (Å²) in [5.41, 5.74) is 1.43. The minimum atomic E-state index is 0.750. The van der Waals surface area contributed by atoms with Crippen LogP contribution in [0.25, 0.3) is 0 Å². The van der Waals surface area contributed by atoms with Gasteiger partial charge in [-0.2, -0.15) is 0 Å². The number of halogens is 1. The van der Waals surface area contributed by atoms with Crippen molar-refractivity contribution >= 4 is 11.6 Å². The Morgan fingerprint density at radius 3 is 2.39 bits per heavy atom. The van der Waals surface area contributed by atoms with E-state index >= 15 is 0 Å². The van der Waals surface area contributed by atoms with E-state index in [1.54, 1.807) is 0 Å². The molecule has 1 aliphatic carbocycles. The van der Waals surface area contributed by atoms with Gasteiger partial charge in [0.2, 0.25) is 0 Å².